The molecule has 0 aliphatic carbocycles. The number of aromatic nitrogens is 2. The fourth-order valence-electron chi connectivity index (χ4n) is 3.44. The molecular weight excluding hydrogens is 430 g/mol. The van der Waals surface area contributed by atoms with Crippen molar-refractivity contribution in [2.24, 2.45) is 0 Å². The van der Waals surface area contributed by atoms with E-state index in [-0.39, 0.29) is 12.2 Å². The number of nitrogens with one attached hydrogen (secondary N) is 2. The number of rotatable bonds is 8. The molecule has 1 aliphatic rings. The molecule has 1 unspecified atom stereocenters. The summed E-state index contributed by atoms with van der Waals surface area (Å²) in [6, 6.07) is 6.58. The molecule has 2 aromatic rings. The van der Waals surface area contributed by atoms with Crippen molar-refractivity contribution in [2.75, 3.05) is 24.8 Å². The Morgan fingerprint density at radius 3 is 2.59 bits per heavy atom. The van der Waals surface area contributed by atoms with Gasteiger partial charge in [-0.2, -0.15) is 0 Å². The van der Waals surface area contributed by atoms with Gasteiger partial charge in [0.05, 0.1) is 29.7 Å². The highest BCUT2D eigenvalue weighted by atomic mass is 32.2. The number of H-pyrrole nitrogens is 1. The maximum atomic E-state index is 13.1. The molecule has 9 heteroatoms. The molecule has 0 fully saturated rings. The molecule has 3 rings (SSSR count). The van der Waals surface area contributed by atoms with Crippen molar-refractivity contribution in [1.82, 2.24) is 9.97 Å². The number of carbonyl (C=O) groups excluding carboxylic acids is 2. The summed E-state index contributed by atoms with van der Waals surface area (Å²) in [6.07, 6.45) is 2.41. The number of fused-ring (bicyclic) bond motifs is 1. The number of benzene rings is 1. The summed E-state index contributed by atoms with van der Waals surface area (Å²) in [6.45, 7) is 7.40. The van der Waals surface area contributed by atoms with E-state index in [1.807, 2.05) is 6.92 Å². The number of allylic oxidation sites excluding steroid dienone is 1. The van der Waals surface area contributed by atoms with Gasteiger partial charge in [-0.15, -0.1) is 0 Å². The van der Waals surface area contributed by atoms with Crippen molar-refractivity contribution in [3.8, 4) is 0 Å². The lowest BCUT2D eigenvalue weighted by Crippen LogP contribution is -2.31. The van der Waals surface area contributed by atoms with Crippen LogP contribution in [0.3, 0.4) is 0 Å². The molecule has 0 saturated heterocycles. The smallest absolute Gasteiger partial charge is 0.337 e. The van der Waals surface area contributed by atoms with Gasteiger partial charge in [0.15, 0.2) is 5.16 Å². The number of anilines is 1. The largest absolute Gasteiger partial charge is 0.465 e. The monoisotopic (exact) mass is 455 g/mol. The predicted molar refractivity (Wildman–Crippen MR) is 123 cm³/mol. The summed E-state index contributed by atoms with van der Waals surface area (Å²) in [5.74, 6) is -0.555. The molecule has 2 N–H and O–H groups in total. The highest BCUT2D eigenvalue weighted by molar-refractivity contribution is 7.99. The summed E-state index contributed by atoms with van der Waals surface area (Å²) in [5.41, 5.74) is 1.81. The van der Waals surface area contributed by atoms with E-state index >= 15 is 0 Å². The fraction of sp³-hybridized carbons (Fsp3) is 0.304. The van der Waals surface area contributed by atoms with Gasteiger partial charge in [-0.1, -0.05) is 43.5 Å². The van der Waals surface area contributed by atoms with Crippen molar-refractivity contribution in [1.29, 1.82) is 0 Å². The first kappa shape index (κ1) is 23.3. The van der Waals surface area contributed by atoms with Crippen LogP contribution in [0.5, 0.6) is 0 Å². The van der Waals surface area contributed by atoms with Crippen LogP contribution in [0.15, 0.2) is 58.1 Å². The summed E-state index contributed by atoms with van der Waals surface area (Å²) in [5, 5.41) is 3.61. The Hall–Kier alpha value is -3.33. The Kier molecular flexibility index (Phi) is 7.53. The number of ether oxygens (including phenoxy) is 2. The van der Waals surface area contributed by atoms with E-state index in [4.69, 9.17) is 9.47 Å². The molecule has 0 spiro atoms. The summed E-state index contributed by atoms with van der Waals surface area (Å²) >= 11 is 1.45. The van der Waals surface area contributed by atoms with E-state index in [2.05, 4.69) is 21.9 Å². The summed E-state index contributed by atoms with van der Waals surface area (Å²) < 4.78 is 10.1. The van der Waals surface area contributed by atoms with E-state index in [0.717, 1.165) is 12.2 Å². The highest BCUT2D eigenvalue weighted by Gasteiger charge is 2.36. The molecule has 32 heavy (non-hydrogen) atoms. The van der Waals surface area contributed by atoms with Crippen LogP contribution in [0.2, 0.25) is 0 Å². The van der Waals surface area contributed by atoms with E-state index in [0.29, 0.717) is 38.9 Å². The van der Waals surface area contributed by atoms with Crippen LogP contribution in [0.25, 0.3) is 0 Å². The van der Waals surface area contributed by atoms with Gasteiger partial charge < -0.3 is 19.8 Å². The average molecular weight is 456 g/mol. The van der Waals surface area contributed by atoms with Crippen LogP contribution in [0.1, 0.15) is 47.7 Å². The van der Waals surface area contributed by atoms with Crippen LogP contribution < -0.4 is 10.9 Å². The third-order valence-electron chi connectivity index (χ3n) is 4.88. The third kappa shape index (κ3) is 4.77. The van der Waals surface area contributed by atoms with Crippen molar-refractivity contribution >= 4 is 29.5 Å². The quantitative estimate of drug-likeness (QED) is 0.269. The van der Waals surface area contributed by atoms with Crippen LogP contribution in [0, 0.1) is 0 Å². The van der Waals surface area contributed by atoms with Gasteiger partial charge in [-0.25, -0.2) is 14.6 Å². The van der Waals surface area contributed by atoms with E-state index in [9.17, 15) is 14.4 Å². The normalized spacial score (nSPS) is 14.9. The SMILES string of the molecule is C=CCOC(=O)C1=C(C)Nc2nc(SCCC)[nH]c(=O)c2C1c1ccc(C(=O)OC)cc1. The Morgan fingerprint density at radius 1 is 1.25 bits per heavy atom. The minimum atomic E-state index is -0.725. The topological polar surface area (TPSA) is 110 Å². The maximum absolute atomic E-state index is 13.1. The molecule has 0 bridgehead atoms. The first-order valence-corrected chi connectivity index (χ1v) is 11.1. The molecular formula is C23H25N3O5S. The molecule has 0 saturated carbocycles. The zero-order valence-electron chi connectivity index (χ0n) is 18.2. The summed E-state index contributed by atoms with van der Waals surface area (Å²) in [4.78, 5) is 45.3. The zero-order valence-corrected chi connectivity index (χ0v) is 19.0. The Balaban J connectivity index is 2.14. The molecule has 1 aromatic carbocycles. The zero-order chi connectivity index (χ0) is 23.3. The van der Waals surface area contributed by atoms with Gasteiger partial charge in [0.2, 0.25) is 0 Å². The Morgan fingerprint density at radius 2 is 1.97 bits per heavy atom. The minimum absolute atomic E-state index is 0.0394. The number of methoxy groups -OCH3 is 1. The second-order valence-corrected chi connectivity index (χ2v) is 8.16. The fourth-order valence-corrected chi connectivity index (χ4v) is 4.16. The molecule has 0 amide bonds. The van der Waals surface area contributed by atoms with Gasteiger partial charge in [-0.3, -0.25) is 4.79 Å². The second-order valence-electron chi connectivity index (χ2n) is 7.08. The van der Waals surface area contributed by atoms with Crippen LogP contribution in [0.4, 0.5) is 5.82 Å². The van der Waals surface area contributed by atoms with E-state index < -0.39 is 17.9 Å². The number of hydrogen-bond acceptors (Lipinski definition) is 8. The maximum Gasteiger partial charge on any atom is 0.337 e. The third-order valence-corrected chi connectivity index (χ3v) is 5.96. The Bertz CT molecular complexity index is 1120. The lowest BCUT2D eigenvalue weighted by Gasteiger charge is -2.28. The van der Waals surface area contributed by atoms with Crippen LogP contribution in [-0.2, 0) is 14.3 Å². The van der Waals surface area contributed by atoms with Gasteiger partial charge in [0.1, 0.15) is 12.4 Å². The van der Waals surface area contributed by atoms with Gasteiger partial charge in [-0.05, 0) is 31.0 Å². The minimum Gasteiger partial charge on any atom is -0.465 e. The number of esters is 2. The lowest BCUT2D eigenvalue weighted by molar-refractivity contribution is -0.138. The standard InChI is InChI=1S/C23H25N3O5S/c1-5-11-31-22(29)16-13(3)24-19-18(20(27)26-23(25-19)32-12-6-2)17(16)14-7-9-15(10-8-14)21(28)30-4/h5,7-10,17H,1,6,11-12H2,2-4H3,(H2,24,25,26,27). The van der Waals surface area contributed by atoms with Crippen LogP contribution >= 0.6 is 11.8 Å². The second kappa shape index (κ2) is 10.3. The van der Waals surface area contributed by atoms with Crippen molar-refractivity contribution in [2.45, 2.75) is 31.3 Å². The van der Waals surface area contributed by atoms with Gasteiger partial charge in [0, 0.05) is 11.4 Å². The van der Waals surface area contributed by atoms with Gasteiger partial charge >= 0.3 is 11.9 Å². The molecule has 0 radical (unpaired) electrons. The molecule has 1 atom stereocenters. The predicted octanol–water partition coefficient (Wildman–Crippen LogP) is 3.62. The van der Waals surface area contributed by atoms with Crippen LogP contribution in [-0.4, -0.2) is 41.4 Å². The number of carbonyl (C=O) groups is 2. The lowest BCUT2D eigenvalue weighted by atomic mass is 9.82. The van der Waals surface area contributed by atoms with E-state index in [1.165, 1.54) is 24.9 Å². The number of nitrogens with zero attached hydrogens (tertiary/aromatic N) is 1. The highest BCUT2D eigenvalue weighted by Crippen LogP contribution is 2.40. The number of aromatic amines is 1. The van der Waals surface area contributed by atoms with E-state index in [1.54, 1.807) is 31.2 Å². The average Bonchev–Trinajstić information content (AvgIpc) is 2.79. The van der Waals surface area contributed by atoms with Crippen molar-refractivity contribution in [3.63, 3.8) is 0 Å². The number of thioether (sulfide) groups is 1. The molecule has 1 aromatic heterocycles. The van der Waals surface area contributed by atoms with Gasteiger partial charge in [0.25, 0.3) is 5.56 Å². The molecule has 1 aliphatic heterocycles. The number of hydrogen-bond donors (Lipinski definition) is 2. The summed E-state index contributed by atoms with van der Waals surface area (Å²) in [7, 11) is 1.30. The van der Waals surface area contributed by atoms with Crippen molar-refractivity contribution < 1.29 is 19.1 Å². The first-order valence-electron chi connectivity index (χ1n) is 10.1. The Labute approximate surface area is 190 Å². The molecule has 168 valence electrons. The van der Waals surface area contributed by atoms with Crippen molar-refractivity contribution in [3.05, 3.63) is 75.2 Å². The molecule has 8 nitrogen and oxygen atoms in total. The first-order chi connectivity index (χ1) is 15.4. The molecule has 2 heterocycles.